The van der Waals surface area contributed by atoms with Gasteiger partial charge < -0.3 is 9.64 Å². The summed E-state index contributed by atoms with van der Waals surface area (Å²) >= 11 is 0. The molecular formula is C25H24N6O. The first-order valence-corrected chi connectivity index (χ1v) is 11.0. The van der Waals surface area contributed by atoms with Crippen molar-refractivity contribution in [1.29, 1.82) is 0 Å². The molecule has 0 amide bonds. The van der Waals surface area contributed by atoms with Gasteiger partial charge in [0.15, 0.2) is 5.65 Å². The van der Waals surface area contributed by atoms with E-state index in [2.05, 4.69) is 52.1 Å². The quantitative estimate of drug-likeness (QED) is 0.457. The third kappa shape index (κ3) is 3.54. The van der Waals surface area contributed by atoms with Crippen LogP contribution in [0.5, 0.6) is 0 Å². The Morgan fingerprint density at radius 3 is 2.84 bits per heavy atom. The molecule has 0 spiro atoms. The molecule has 6 rings (SSSR count). The number of nitrogens with zero attached hydrogens (tertiary/aromatic N) is 6. The Morgan fingerprint density at radius 2 is 2.06 bits per heavy atom. The van der Waals surface area contributed by atoms with Gasteiger partial charge in [-0.15, -0.1) is 0 Å². The molecule has 4 aromatic rings. The van der Waals surface area contributed by atoms with E-state index in [1.165, 1.54) is 5.56 Å². The van der Waals surface area contributed by atoms with E-state index in [1.54, 1.807) is 12.4 Å². The summed E-state index contributed by atoms with van der Waals surface area (Å²) < 4.78 is 7.79. The zero-order chi connectivity index (χ0) is 21.5. The van der Waals surface area contributed by atoms with E-state index in [0.29, 0.717) is 18.7 Å². The molecular weight excluding hydrogens is 400 g/mol. The van der Waals surface area contributed by atoms with Crippen molar-refractivity contribution in [2.24, 2.45) is 4.99 Å². The van der Waals surface area contributed by atoms with Crippen LogP contribution in [-0.4, -0.2) is 51.1 Å². The Kier molecular flexibility index (Phi) is 4.69. The zero-order valence-electron chi connectivity index (χ0n) is 17.9. The first-order valence-electron chi connectivity index (χ1n) is 11.0. The fourth-order valence-electron chi connectivity index (χ4n) is 4.63. The van der Waals surface area contributed by atoms with Crippen molar-refractivity contribution in [3.63, 3.8) is 0 Å². The van der Waals surface area contributed by atoms with E-state index in [1.807, 2.05) is 28.9 Å². The molecule has 160 valence electrons. The molecule has 5 heterocycles. The summed E-state index contributed by atoms with van der Waals surface area (Å²) in [6, 6.07) is 16.8. The predicted octanol–water partition coefficient (Wildman–Crippen LogP) is 3.70. The summed E-state index contributed by atoms with van der Waals surface area (Å²) in [5, 5.41) is 4.90. The number of hydrogen-bond acceptors (Lipinski definition) is 6. The average Bonchev–Trinajstić information content (AvgIpc) is 3.55. The maximum absolute atomic E-state index is 5.83. The van der Waals surface area contributed by atoms with Crippen LogP contribution < -0.4 is 4.90 Å². The van der Waals surface area contributed by atoms with Crippen LogP contribution in [0.25, 0.3) is 16.9 Å². The summed E-state index contributed by atoms with van der Waals surface area (Å²) in [4.78, 5) is 16.1. The molecule has 0 aliphatic carbocycles. The van der Waals surface area contributed by atoms with Crippen LogP contribution in [0, 0.1) is 6.92 Å². The number of hydrogen-bond donors (Lipinski definition) is 0. The maximum atomic E-state index is 5.83. The Bertz CT molecular complexity index is 1300. The highest BCUT2D eigenvalue weighted by Gasteiger charge is 2.40. The van der Waals surface area contributed by atoms with Crippen LogP contribution in [-0.2, 0) is 11.3 Å². The molecule has 3 aromatic heterocycles. The van der Waals surface area contributed by atoms with Crippen LogP contribution in [0.4, 0.5) is 5.82 Å². The summed E-state index contributed by atoms with van der Waals surface area (Å²) in [5.41, 5.74) is 6.01. The van der Waals surface area contributed by atoms with Gasteiger partial charge >= 0.3 is 0 Å². The number of aromatic nitrogens is 4. The summed E-state index contributed by atoms with van der Waals surface area (Å²) in [7, 11) is 0. The van der Waals surface area contributed by atoms with Crippen molar-refractivity contribution in [2.75, 3.05) is 18.1 Å². The second-order valence-electron chi connectivity index (χ2n) is 8.52. The number of fused-ring (bicyclic) bond motifs is 3. The normalized spacial score (nSPS) is 20.1. The molecule has 0 N–H and O–H groups in total. The molecule has 2 atom stereocenters. The second-order valence-corrected chi connectivity index (χ2v) is 8.52. The molecule has 7 heteroatoms. The topological polar surface area (TPSA) is 67.9 Å². The number of aliphatic imine (C=N–C) groups is 1. The van der Waals surface area contributed by atoms with E-state index < -0.39 is 0 Å². The first kappa shape index (κ1) is 19.1. The minimum absolute atomic E-state index is 0.307. The molecule has 1 aromatic carbocycles. The molecule has 0 unspecified atom stereocenters. The second kappa shape index (κ2) is 7.84. The fraction of sp³-hybridized carbons (Fsp3) is 0.280. The van der Waals surface area contributed by atoms with Gasteiger partial charge in [-0.25, -0.2) is 4.98 Å². The SMILES string of the molecule is Cc1cccc(C=NCc2cc(N3C[C@@H]4C[C@H]3CO4)n3nc(-c4ccncc4)cc3n2)c1. The average molecular weight is 425 g/mol. The minimum atomic E-state index is 0.307. The number of benzene rings is 1. The van der Waals surface area contributed by atoms with E-state index in [-0.39, 0.29) is 0 Å². The van der Waals surface area contributed by atoms with Gasteiger partial charge in [-0.2, -0.15) is 9.61 Å². The summed E-state index contributed by atoms with van der Waals surface area (Å²) in [6.07, 6.45) is 6.87. The number of anilines is 1. The summed E-state index contributed by atoms with van der Waals surface area (Å²) in [6.45, 7) is 4.27. The van der Waals surface area contributed by atoms with Crippen LogP contribution in [0.15, 0.2) is 65.9 Å². The van der Waals surface area contributed by atoms with Gasteiger partial charge in [0.25, 0.3) is 0 Å². The van der Waals surface area contributed by atoms with E-state index in [4.69, 9.17) is 14.8 Å². The Labute approximate surface area is 186 Å². The minimum Gasteiger partial charge on any atom is -0.374 e. The van der Waals surface area contributed by atoms with Crippen molar-refractivity contribution in [2.45, 2.75) is 32.0 Å². The van der Waals surface area contributed by atoms with Gasteiger partial charge in [-0.05, 0) is 31.0 Å². The molecule has 2 fully saturated rings. The van der Waals surface area contributed by atoms with Gasteiger partial charge in [-0.3, -0.25) is 9.98 Å². The van der Waals surface area contributed by atoms with Crippen molar-refractivity contribution < 1.29 is 4.74 Å². The van der Waals surface area contributed by atoms with E-state index >= 15 is 0 Å². The highest BCUT2D eigenvalue weighted by molar-refractivity contribution is 5.79. The number of pyridine rings is 1. The monoisotopic (exact) mass is 424 g/mol. The van der Waals surface area contributed by atoms with Gasteiger partial charge in [0.05, 0.1) is 36.7 Å². The van der Waals surface area contributed by atoms with Crippen molar-refractivity contribution in [3.05, 3.63) is 77.7 Å². The lowest BCUT2D eigenvalue weighted by Gasteiger charge is -2.29. The molecule has 32 heavy (non-hydrogen) atoms. The smallest absolute Gasteiger partial charge is 0.158 e. The third-order valence-corrected chi connectivity index (χ3v) is 6.17. The fourth-order valence-corrected chi connectivity index (χ4v) is 4.63. The predicted molar refractivity (Wildman–Crippen MR) is 124 cm³/mol. The number of morpholine rings is 1. The lowest BCUT2D eigenvalue weighted by atomic mass is 10.1. The first-order chi connectivity index (χ1) is 15.7. The van der Waals surface area contributed by atoms with Crippen molar-refractivity contribution in [1.82, 2.24) is 19.6 Å². The zero-order valence-corrected chi connectivity index (χ0v) is 17.9. The number of rotatable bonds is 5. The van der Waals surface area contributed by atoms with E-state index in [9.17, 15) is 0 Å². The molecule has 2 aliphatic heterocycles. The molecule has 0 saturated carbocycles. The Hall–Kier alpha value is -3.58. The van der Waals surface area contributed by atoms with Crippen LogP contribution >= 0.6 is 0 Å². The highest BCUT2D eigenvalue weighted by atomic mass is 16.5. The lowest BCUT2D eigenvalue weighted by molar-refractivity contribution is 0.0987. The summed E-state index contributed by atoms with van der Waals surface area (Å²) in [5.74, 6) is 1.06. The Morgan fingerprint density at radius 1 is 1.16 bits per heavy atom. The highest BCUT2D eigenvalue weighted by Crippen LogP contribution is 2.33. The van der Waals surface area contributed by atoms with Crippen LogP contribution in [0.2, 0.25) is 0 Å². The van der Waals surface area contributed by atoms with Crippen LogP contribution in [0.3, 0.4) is 0 Å². The molecule has 0 radical (unpaired) electrons. The van der Waals surface area contributed by atoms with Crippen molar-refractivity contribution in [3.8, 4) is 11.3 Å². The van der Waals surface area contributed by atoms with E-state index in [0.717, 1.165) is 53.6 Å². The van der Waals surface area contributed by atoms with Gasteiger partial charge in [-0.1, -0.05) is 29.8 Å². The van der Waals surface area contributed by atoms with Gasteiger partial charge in [0, 0.05) is 42.8 Å². The lowest BCUT2D eigenvalue weighted by Crippen LogP contribution is -2.38. The molecule has 7 nitrogen and oxygen atoms in total. The molecule has 2 bridgehead atoms. The van der Waals surface area contributed by atoms with Gasteiger partial charge in [0.2, 0.25) is 0 Å². The maximum Gasteiger partial charge on any atom is 0.158 e. The van der Waals surface area contributed by atoms with Gasteiger partial charge in [0.1, 0.15) is 5.82 Å². The van der Waals surface area contributed by atoms with Crippen molar-refractivity contribution >= 4 is 17.7 Å². The molecule has 2 aliphatic rings. The van der Waals surface area contributed by atoms with Crippen LogP contribution in [0.1, 0.15) is 23.2 Å². The Balaban J connectivity index is 1.38. The molecule has 2 saturated heterocycles. The largest absolute Gasteiger partial charge is 0.374 e. The third-order valence-electron chi connectivity index (χ3n) is 6.17. The number of aryl methyl sites for hydroxylation is 1. The standard InChI is InChI=1S/C25H24N6O/c1-17-3-2-4-18(9-17)13-27-14-20-10-25(30-15-22-11-21(30)16-32-22)31-24(28-20)12-23(29-31)19-5-7-26-8-6-19/h2-10,12-13,21-22H,11,14-16H2,1H3/t21-,22-/m0/s1. The number of ether oxygens (including phenoxy) is 1.